The summed E-state index contributed by atoms with van der Waals surface area (Å²) in [5.74, 6) is -0.640. The predicted molar refractivity (Wildman–Crippen MR) is 110 cm³/mol. The van der Waals surface area contributed by atoms with Crippen LogP contribution >= 0.6 is 0 Å². The molecule has 4 heterocycles. The molecule has 172 valence electrons. The Hall–Kier alpha value is -2.94. The Kier molecular flexibility index (Phi) is 5.70. The fourth-order valence-electron chi connectivity index (χ4n) is 4.56. The van der Waals surface area contributed by atoms with Gasteiger partial charge in [0.05, 0.1) is 5.69 Å². The lowest BCUT2D eigenvalue weighted by molar-refractivity contribution is -0.204. The smallest absolute Gasteiger partial charge is 0.450 e. The van der Waals surface area contributed by atoms with Crippen molar-refractivity contribution in [3.05, 3.63) is 24.2 Å². The van der Waals surface area contributed by atoms with Crippen LogP contribution in [0.15, 0.2) is 18.5 Å². The standard InChI is InChI=1S/C21H27N5O6/c1-4-5-6-12(29-19(27)28)9-21(10-22)17-16(30-20(2,3)32-17)15(31-21)13-7-8-14-18(23)24-11-25-26(13)14/h7-8,11-12,15-17H,4-6,9H2,1-3H3,(H,27,28)(H2,23,24,25)/t12?,15-,16-,17-,21+/m0/s1. The number of unbranched alkanes of at least 4 members (excludes halogenated alkanes) is 1. The van der Waals surface area contributed by atoms with Crippen LogP contribution in [0.25, 0.3) is 5.52 Å². The van der Waals surface area contributed by atoms with Gasteiger partial charge in [-0.1, -0.05) is 19.8 Å². The number of hydrogen-bond donors (Lipinski definition) is 2. The molecular formula is C21H27N5O6. The van der Waals surface area contributed by atoms with Gasteiger partial charge in [0.1, 0.15) is 42.3 Å². The van der Waals surface area contributed by atoms with Crippen LogP contribution < -0.4 is 5.73 Å². The largest absolute Gasteiger partial charge is 0.506 e. The van der Waals surface area contributed by atoms with Gasteiger partial charge in [-0.15, -0.1) is 0 Å². The first-order valence-corrected chi connectivity index (χ1v) is 10.6. The second-order valence-corrected chi connectivity index (χ2v) is 8.61. The molecule has 2 saturated heterocycles. The highest BCUT2D eigenvalue weighted by Gasteiger charge is 2.64. The van der Waals surface area contributed by atoms with E-state index in [1.807, 2.05) is 6.92 Å². The molecule has 0 amide bonds. The maximum absolute atomic E-state index is 11.3. The van der Waals surface area contributed by atoms with Crippen molar-refractivity contribution in [2.24, 2.45) is 0 Å². The van der Waals surface area contributed by atoms with Crippen LogP contribution in [-0.4, -0.2) is 55.6 Å². The molecule has 1 unspecified atom stereocenters. The third kappa shape index (κ3) is 3.85. The molecule has 5 atom stereocenters. The van der Waals surface area contributed by atoms with Gasteiger partial charge in [-0.05, 0) is 32.4 Å². The lowest BCUT2D eigenvalue weighted by Crippen LogP contribution is -2.45. The van der Waals surface area contributed by atoms with Crippen molar-refractivity contribution in [3.8, 4) is 6.07 Å². The maximum Gasteiger partial charge on any atom is 0.506 e. The van der Waals surface area contributed by atoms with E-state index in [9.17, 15) is 15.2 Å². The molecule has 0 spiro atoms. The molecular weight excluding hydrogens is 418 g/mol. The second-order valence-electron chi connectivity index (χ2n) is 8.61. The van der Waals surface area contributed by atoms with E-state index >= 15 is 0 Å². The van der Waals surface area contributed by atoms with Gasteiger partial charge in [-0.2, -0.15) is 10.4 Å². The average Bonchev–Trinajstić information content (AvgIpc) is 3.37. The SMILES string of the molecule is CCCCC(C[C@]1(C#N)O[C@@H](c2ccc3c(N)ncnn23)[C@@H]2OC(C)(C)O[C@@H]21)OC(=O)O. The van der Waals surface area contributed by atoms with Gasteiger partial charge in [-0.3, -0.25) is 0 Å². The third-order valence-electron chi connectivity index (χ3n) is 5.89. The molecule has 3 N–H and O–H groups in total. The molecule has 11 heteroatoms. The quantitative estimate of drug-likeness (QED) is 0.608. The van der Waals surface area contributed by atoms with Crippen LogP contribution in [0.5, 0.6) is 0 Å². The first-order chi connectivity index (χ1) is 15.2. The van der Waals surface area contributed by atoms with Crippen molar-refractivity contribution >= 4 is 17.5 Å². The fourth-order valence-corrected chi connectivity index (χ4v) is 4.56. The molecule has 4 rings (SSSR count). The Labute approximate surface area is 185 Å². The van der Waals surface area contributed by atoms with Crippen LogP contribution in [0.4, 0.5) is 10.6 Å². The first-order valence-electron chi connectivity index (χ1n) is 10.6. The summed E-state index contributed by atoms with van der Waals surface area (Å²) < 4.78 is 25.3. The van der Waals surface area contributed by atoms with E-state index in [0.717, 1.165) is 12.8 Å². The van der Waals surface area contributed by atoms with Crippen LogP contribution in [0, 0.1) is 11.3 Å². The van der Waals surface area contributed by atoms with Gasteiger partial charge in [0.25, 0.3) is 0 Å². The van der Waals surface area contributed by atoms with Crippen molar-refractivity contribution in [1.82, 2.24) is 14.6 Å². The number of nitriles is 1. The molecule has 2 aromatic heterocycles. The van der Waals surface area contributed by atoms with E-state index in [2.05, 4.69) is 16.2 Å². The molecule has 0 saturated carbocycles. The highest BCUT2D eigenvalue weighted by atomic mass is 16.8. The number of nitrogens with two attached hydrogens (primary N) is 1. The summed E-state index contributed by atoms with van der Waals surface area (Å²) >= 11 is 0. The van der Waals surface area contributed by atoms with Gasteiger partial charge >= 0.3 is 6.16 Å². The van der Waals surface area contributed by atoms with Crippen molar-refractivity contribution < 1.29 is 28.8 Å². The van der Waals surface area contributed by atoms with Crippen molar-refractivity contribution in [2.45, 2.75) is 82.3 Å². The summed E-state index contributed by atoms with van der Waals surface area (Å²) in [6.45, 7) is 5.53. The number of fused-ring (bicyclic) bond motifs is 2. The van der Waals surface area contributed by atoms with Gasteiger partial charge < -0.3 is 29.8 Å². The minimum Gasteiger partial charge on any atom is -0.450 e. The lowest BCUT2D eigenvalue weighted by atomic mass is 9.88. The van der Waals surface area contributed by atoms with Crippen LogP contribution in [0.1, 0.15) is 58.3 Å². The number of ether oxygens (including phenoxy) is 4. The predicted octanol–water partition coefficient (Wildman–Crippen LogP) is 2.81. The molecule has 0 radical (unpaired) electrons. The van der Waals surface area contributed by atoms with E-state index in [1.54, 1.807) is 30.5 Å². The van der Waals surface area contributed by atoms with Gasteiger partial charge in [0.15, 0.2) is 17.2 Å². The monoisotopic (exact) mass is 445 g/mol. The number of nitrogens with zero attached hydrogens (tertiary/aromatic N) is 4. The maximum atomic E-state index is 11.3. The second kappa shape index (κ2) is 8.20. The molecule has 0 bridgehead atoms. The van der Waals surface area contributed by atoms with E-state index in [1.165, 1.54) is 6.33 Å². The Morgan fingerprint density at radius 3 is 2.88 bits per heavy atom. The third-order valence-corrected chi connectivity index (χ3v) is 5.89. The van der Waals surface area contributed by atoms with Crippen LogP contribution in [0.3, 0.4) is 0 Å². The number of carboxylic acid groups (broad SMARTS) is 1. The summed E-state index contributed by atoms with van der Waals surface area (Å²) in [5, 5.41) is 23.7. The zero-order chi connectivity index (χ0) is 23.1. The molecule has 32 heavy (non-hydrogen) atoms. The van der Waals surface area contributed by atoms with Crippen molar-refractivity contribution in [2.75, 3.05) is 5.73 Å². The molecule has 11 nitrogen and oxygen atoms in total. The number of carbonyl (C=O) groups is 1. The van der Waals surface area contributed by atoms with Gasteiger partial charge in [0, 0.05) is 6.42 Å². The molecule has 2 aromatic rings. The number of aromatic nitrogens is 3. The molecule has 2 aliphatic rings. The van der Waals surface area contributed by atoms with Gasteiger partial charge in [-0.25, -0.2) is 14.3 Å². The topological polar surface area (TPSA) is 154 Å². The Balaban J connectivity index is 1.72. The van der Waals surface area contributed by atoms with E-state index in [4.69, 9.17) is 24.7 Å². The summed E-state index contributed by atoms with van der Waals surface area (Å²) in [7, 11) is 0. The summed E-state index contributed by atoms with van der Waals surface area (Å²) in [4.78, 5) is 15.3. The highest BCUT2D eigenvalue weighted by Crippen LogP contribution is 2.51. The normalized spacial score (nSPS) is 29.5. The van der Waals surface area contributed by atoms with Gasteiger partial charge in [0.2, 0.25) is 0 Å². The molecule has 0 aliphatic carbocycles. The fraction of sp³-hybridized carbons (Fsp3) is 0.619. The zero-order valence-corrected chi connectivity index (χ0v) is 18.2. The first kappa shape index (κ1) is 22.3. The lowest BCUT2D eigenvalue weighted by Gasteiger charge is -2.31. The minimum atomic E-state index is -1.47. The number of hydrogen-bond acceptors (Lipinski definition) is 9. The number of anilines is 1. The molecule has 2 aliphatic heterocycles. The summed E-state index contributed by atoms with van der Waals surface area (Å²) in [6, 6.07) is 5.82. The van der Waals surface area contributed by atoms with Crippen LogP contribution in [-0.2, 0) is 18.9 Å². The Morgan fingerprint density at radius 1 is 1.41 bits per heavy atom. The zero-order valence-electron chi connectivity index (χ0n) is 18.2. The Bertz CT molecular complexity index is 1050. The average molecular weight is 445 g/mol. The van der Waals surface area contributed by atoms with E-state index < -0.39 is 42.0 Å². The van der Waals surface area contributed by atoms with E-state index in [0.29, 0.717) is 23.4 Å². The molecule has 2 fully saturated rings. The molecule has 0 aromatic carbocycles. The summed E-state index contributed by atoms with van der Waals surface area (Å²) in [6.07, 6.45) is -0.734. The number of nitrogen functional groups attached to an aromatic ring is 1. The minimum absolute atomic E-state index is 0.0212. The Morgan fingerprint density at radius 2 is 2.19 bits per heavy atom. The number of rotatable bonds is 7. The van der Waals surface area contributed by atoms with Crippen molar-refractivity contribution in [1.29, 1.82) is 5.26 Å². The van der Waals surface area contributed by atoms with E-state index in [-0.39, 0.29) is 6.42 Å². The summed E-state index contributed by atoms with van der Waals surface area (Å²) in [5.41, 5.74) is 5.72. The van der Waals surface area contributed by atoms with Crippen molar-refractivity contribution in [3.63, 3.8) is 0 Å². The van der Waals surface area contributed by atoms with Crippen LogP contribution in [0.2, 0.25) is 0 Å². The highest BCUT2D eigenvalue weighted by molar-refractivity contribution is 5.65.